The van der Waals surface area contributed by atoms with Crippen LogP contribution >= 0.6 is 0 Å². The fraction of sp³-hybridized carbons (Fsp3) is 0.667. The minimum Gasteiger partial charge on any atom is -0.338 e. The molecule has 1 fully saturated rings. The second-order valence-corrected chi connectivity index (χ2v) is 5.98. The van der Waals surface area contributed by atoms with Gasteiger partial charge in [0.2, 0.25) is 5.95 Å². The molecule has 1 aromatic rings. The monoisotopic (exact) mass is 273 g/mol. The van der Waals surface area contributed by atoms with E-state index in [4.69, 9.17) is 5.26 Å². The molecule has 20 heavy (non-hydrogen) atoms. The number of hydrogen-bond acceptors (Lipinski definition) is 5. The summed E-state index contributed by atoms with van der Waals surface area (Å²) in [5.41, 5.74) is -0.195. The minimum atomic E-state index is -0.195. The highest BCUT2D eigenvalue weighted by molar-refractivity contribution is 5.29. The molecule has 108 valence electrons. The summed E-state index contributed by atoms with van der Waals surface area (Å²) in [6.45, 7) is 9.15. The molecule has 1 aromatic heterocycles. The van der Waals surface area contributed by atoms with E-state index in [1.165, 1.54) is 0 Å². The lowest BCUT2D eigenvalue weighted by Crippen LogP contribution is -2.47. The Kier molecular flexibility index (Phi) is 4.91. The maximum absolute atomic E-state index is 9.01. The molecule has 0 aromatic carbocycles. The van der Waals surface area contributed by atoms with Gasteiger partial charge in [-0.25, -0.2) is 9.97 Å². The zero-order valence-corrected chi connectivity index (χ0v) is 12.4. The highest BCUT2D eigenvalue weighted by Gasteiger charge is 2.20. The Hall–Kier alpha value is -1.67. The van der Waals surface area contributed by atoms with Gasteiger partial charge in [0, 0.05) is 38.6 Å². The third-order valence-electron chi connectivity index (χ3n) is 3.79. The molecule has 0 saturated carbocycles. The first-order valence-electron chi connectivity index (χ1n) is 7.26. The van der Waals surface area contributed by atoms with Crippen LogP contribution in [0, 0.1) is 16.7 Å². The van der Waals surface area contributed by atoms with E-state index in [1.807, 2.05) is 19.9 Å². The third kappa shape index (κ3) is 4.17. The molecule has 0 atom stereocenters. The van der Waals surface area contributed by atoms with Crippen LogP contribution in [0.1, 0.15) is 26.7 Å². The SMILES string of the molecule is CC(C)(C#N)CCCN1CCN(c2ncccn2)CC1. The lowest BCUT2D eigenvalue weighted by atomic mass is 9.90. The summed E-state index contributed by atoms with van der Waals surface area (Å²) in [4.78, 5) is 13.3. The van der Waals surface area contributed by atoms with Crippen molar-refractivity contribution < 1.29 is 0 Å². The summed E-state index contributed by atoms with van der Waals surface area (Å²) in [6, 6.07) is 4.21. The molecule has 1 aliphatic heterocycles. The van der Waals surface area contributed by atoms with Crippen molar-refractivity contribution in [3.63, 3.8) is 0 Å². The van der Waals surface area contributed by atoms with E-state index in [-0.39, 0.29) is 5.41 Å². The van der Waals surface area contributed by atoms with Gasteiger partial charge in [-0.3, -0.25) is 4.90 Å². The Labute approximate surface area is 121 Å². The van der Waals surface area contributed by atoms with Crippen LogP contribution in [0.2, 0.25) is 0 Å². The predicted molar refractivity (Wildman–Crippen MR) is 79.3 cm³/mol. The van der Waals surface area contributed by atoms with Crippen LogP contribution in [-0.4, -0.2) is 47.6 Å². The van der Waals surface area contributed by atoms with Crippen molar-refractivity contribution >= 4 is 5.95 Å². The molecule has 0 radical (unpaired) electrons. The largest absolute Gasteiger partial charge is 0.338 e. The van der Waals surface area contributed by atoms with E-state index < -0.39 is 0 Å². The van der Waals surface area contributed by atoms with Crippen molar-refractivity contribution in [2.24, 2.45) is 5.41 Å². The van der Waals surface area contributed by atoms with E-state index in [9.17, 15) is 0 Å². The van der Waals surface area contributed by atoms with Gasteiger partial charge in [-0.05, 0) is 39.3 Å². The second-order valence-electron chi connectivity index (χ2n) is 5.98. The predicted octanol–water partition coefficient (Wildman–Crippen LogP) is 1.93. The van der Waals surface area contributed by atoms with Gasteiger partial charge in [-0.2, -0.15) is 5.26 Å². The molecule has 1 aliphatic rings. The quantitative estimate of drug-likeness (QED) is 0.820. The fourth-order valence-electron chi connectivity index (χ4n) is 2.43. The second kappa shape index (κ2) is 6.67. The highest BCUT2D eigenvalue weighted by atomic mass is 15.3. The number of nitriles is 1. The summed E-state index contributed by atoms with van der Waals surface area (Å²) in [6.07, 6.45) is 5.63. The first-order chi connectivity index (χ1) is 9.61. The molecular weight excluding hydrogens is 250 g/mol. The minimum absolute atomic E-state index is 0.195. The van der Waals surface area contributed by atoms with Crippen LogP contribution in [0.4, 0.5) is 5.95 Å². The highest BCUT2D eigenvalue weighted by Crippen LogP contribution is 2.21. The first-order valence-corrected chi connectivity index (χ1v) is 7.26. The molecule has 0 bridgehead atoms. The van der Waals surface area contributed by atoms with E-state index in [0.717, 1.165) is 51.5 Å². The summed E-state index contributed by atoms with van der Waals surface area (Å²) < 4.78 is 0. The van der Waals surface area contributed by atoms with Crippen molar-refractivity contribution in [3.8, 4) is 6.07 Å². The molecule has 5 nitrogen and oxygen atoms in total. The molecule has 0 aliphatic carbocycles. The van der Waals surface area contributed by atoms with E-state index >= 15 is 0 Å². The molecule has 2 rings (SSSR count). The average molecular weight is 273 g/mol. The molecule has 0 unspecified atom stereocenters. The molecule has 1 saturated heterocycles. The molecule has 5 heteroatoms. The smallest absolute Gasteiger partial charge is 0.225 e. The van der Waals surface area contributed by atoms with Crippen LogP contribution < -0.4 is 4.90 Å². The van der Waals surface area contributed by atoms with Crippen molar-refractivity contribution in [1.29, 1.82) is 5.26 Å². The van der Waals surface area contributed by atoms with Crippen LogP contribution in [0.25, 0.3) is 0 Å². The van der Waals surface area contributed by atoms with Gasteiger partial charge in [-0.15, -0.1) is 0 Å². The average Bonchev–Trinajstić information content (AvgIpc) is 2.49. The van der Waals surface area contributed by atoms with Crippen LogP contribution in [0.15, 0.2) is 18.5 Å². The zero-order chi connectivity index (χ0) is 14.4. The number of piperazine rings is 1. The normalized spacial score (nSPS) is 16.9. The molecule has 0 N–H and O–H groups in total. The van der Waals surface area contributed by atoms with Gasteiger partial charge in [0.1, 0.15) is 0 Å². The number of hydrogen-bond donors (Lipinski definition) is 0. The maximum atomic E-state index is 9.01. The standard InChI is InChI=1S/C15H23N5/c1-15(2,13-16)5-3-8-19-9-11-20(12-10-19)14-17-6-4-7-18-14/h4,6-7H,3,5,8-12H2,1-2H3. The van der Waals surface area contributed by atoms with Crippen molar-refractivity contribution in [1.82, 2.24) is 14.9 Å². The molecule has 2 heterocycles. The Bertz CT molecular complexity index is 443. The van der Waals surface area contributed by atoms with Crippen molar-refractivity contribution in [3.05, 3.63) is 18.5 Å². The van der Waals surface area contributed by atoms with Gasteiger partial charge in [0.15, 0.2) is 0 Å². The number of rotatable bonds is 5. The number of nitrogens with zero attached hydrogens (tertiary/aromatic N) is 5. The Balaban J connectivity index is 1.71. The summed E-state index contributed by atoms with van der Waals surface area (Å²) in [5.74, 6) is 0.831. The fourth-order valence-corrected chi connectivity index (χ4v) is 2.43. The maximum Gasteiger partial charge on any atom is 0.225 e. The molecule has 0 spiro atoms. The molecular formula is C15H23N5. The first kappa shape index (κ1) is 14.7. The summed E-state index contributed by atoms with van der Waals surface area (Å²) >= 11 is 0. The lowest BCUT2D eigenvalue weighted by molar-refractivity contribution is 0.241. The van der Waals surface area contributed by atoms with Gasteiger partial charge in [0.25, 0.3) is 0 Å². The zero-order valence-electron chi connectivity index (χ0n) is 12.4. The van der Waals surface area contributed by atoms with Crippen molar-refractivity contribution in [2.45, 2.75) is 26.7 Å². The Morgan fingerprint density at radius 1 is 1.20 bits per heavy atom. The van der Waals surface area contributed by atoms with E-state index in [1.54, 1.807) is 12.4 Å². The Morgan fingerprint density at radius 2 is 1.85 bits per heavy atom. The van der Waals surface area contributed by atoms with Crippen LogP contribution in [0.5, 0.6) is 0 Å². The van der Waals surface area contributed by atoms with Gasteiger partial charge >= 0.3 is 0 Å². The van der Waals surface area contributed by atoms with Crippen molar-refractivity contribution in [2.75, 3.05) is 37.6 Å². The summed E-state index contributed by atoms with van der Waals surface area (Å²) in [7, 11) is 0. The summed E-state index contributed by atoms with van der Waals surface area (Å²) in [5, 5.41) is 9.01. The molecule has 0 amide bonds. The van der Waals surface area contributed by atoms with Gasteiger partial charge in [-0.1, -0.05) is 0 Å². The lowest BCUT2D eigenvalue weighted by Gasteiger charge is -2.34. The van der Waals surface area contributed by atoms with E-state index in [2.05, 4.69) is 25.8 Å². The number of aromatic nitrogens is 2. The Morgan fingerprint density at radius 3 is 2.45 bits per heavy atom. The van der Waals surface area contributed by atoms with E-state index in [0.29, 0.717) is 0 Å². The van der Waals surface area contributed by atoms with Crippen LogP contribution in [-0.2, 0) is 0 Å². The van der Waals surface area contributed by atoms with Gasteiger partial charge in [0.05, 0.1) is 11.5 Å². The number of anilines is 1. The topological polar surface area (TPSA) is 56.1 Å². The van der Waals surface area contributed by atoms with Gasteiger partial charge < -0.3 is 4.90 Å². The van der Waals surface area contributed by atoms with Crippen LogP contribution in [0.3, 0.4) is 0 Å². The third-order valence-corrected chi connectivity index (χ3v) is 3.79.